The average Bonchev–Trinajstić information content (AvgIpc) is 3.10. The van der Waals surface area contributed by atoms with E-state index in [0.29, 0.717) is 70.5 Å². The van der Waals surface area contributed by atoms with Crippen LogP contribution < -0.4 is 10.3 Å². The van der Waals surface area contributed by atoms with Crippen molar-refractivity contribution in [2.24, 2.45) is 0 Å². The molecular weight excluding hydrogens is 454 g/mol. The van der Waals surface area contributed by atoms with Gasteiger partial charge in [0.05, 0.1) is 22.8 Å². The normalized spacial score (nSPS) is 16.1. The van der Waals surface area contributed by atoms with Gasteiger partial charge in [0.1, 0.15) is 22.3 Å². The molecule has 0 bridgehead atoms. The predicted octanol–water partition coefficient (Wildman–Crippen LogP) is 2.43. The van der Waals surface area contributed by atoms with Gasteiger partial charge in [-0.1, -0.05) is 13.3 Å². The van der Waals surface area contributed by atoms with Gasteiger partial charge in [-0.25, -0.2) is 13.0 Å². The van der Waals surface area contributed by atoms with Crippen LogP contribution in [0, 0.1) is 6.92 Å². The van der Waals surface area contributed by atoms with E-state index in [-0.39, 0.29) is 5.56 Å². The number of carbonyl (C=O) groups is 1. The number of nitrogens with zero attached hydrogens (tertiary/aromatic N) is 4. The van der Waals surface area contributed by atoms with E-state index >= 15 is 0 Å². The van der Waals surface area contributed by atoms with Crippen molar-refractivity contribution in [3.05, 3.63) is 45.4 Å². The fourth-order valence-electron chi connectivity index (χ4n) is 4.36. The van der Waals surface area contributed by atoms with Crippen LogP contribution in [0.3, 0.4) is 0 Å². The Labute approximate surface area is 201 Å². The number of H-pyrrole nitrogens is 1. The van der Waals surface area contributed by atoms with Crippen molar-refractivity contribution < 1.29 is 13.7 Å². The van der Waals surface area contributed by atoms with Gasteiger partial charge in [-0.05, 0) is 51.1 Å². The molecule has 1 aliphatic heterocycles. The lowest BCUT2D eigenvalue weighted by Gasteiger charge is -2.31. The lowest BCUT2D eigenvalue weighted by Crippen LogP contribution is -2.45. The van der Waals surface area contributed by atoms with Crippen LogP contribution in [0.25, 0.3) is 16.9 Å². The summed E-state index contributed by atoms with van der Waals surface area (Å²) < 4.78 is 22.7. The molecule has 182 valence electrons. The van der Waals surface area contributed by atoms with Crippen LogP contribution in [0.4, 0.5) is 0 Å². The van der Waals surface area contributed by atoms with E-state index in [4.69, 9.17) is 9.84 Å². The Morgan fingerprint density at radius 3 is 2.59 bits per heavy atom. The first kappa shape index (κ1) is 24.3. The van der Waals surface area contributed by atoms with Crippen molar-refractivity contribution in [1.29, 1.82) is 0 Å². The highest BCUT2D eigenvalue weighted by Crippen LogP contribution is 2.31. The quantitative estimate of drug-likeness (QED) is 0.492. The van der Waals surface area contributed by atoms with Crippen molar-refractivity contribution >= 4 is 22.8 Å². The molecule has 1 unspecified atom stereocenters. The van der Waals surface area contributed by atoms with E-state index in [1.165, 1.54) is 0 Å². The number of hydrogen-bond acceptors (Lipinski definition) is 6. The summed E-state index contributed by atoms with van der Waals surface area (Å²) in [6.45, 7) is 9.22. The maximum Gasteiger partial charge on any atom is 0.275 e. The van der Waals surface area contributed by atoms with Crippen LogP contribution in [0.1, 0.15) is 41.9 Å². The van der Waals surface area contributed by atoms with E-state index in [1.54, 1.807) is 29.6 Å². The van der Waals surface area contributed by atoms with Gasteiger partial charge in [-0.15, -0.1) is 5.10 Å². The monoisotopic (exact) mass is 485 g/mol. The molecule has 34 heavy (non-hydrogen) atoms. The second-order valence-corrected chi connectivity index (χ2v) is 9.97. The molecule has 0 spiro atoms. The van der Waals surface area contributed by atoms with E-state index in [0.717, 1.165) is 25.8 Å². The first-order chi connectivity index (χ1) is 16.4. The number of likely N-dealkylation sites (N-methyl/N-ethyl adjacent to an activating group) is 1. The Balaban J connectivity index is 1.85. The first-order valence-electron chi connectivity index (χ1n) is 11.6. The molecule has 0 radical (unpaired) electrons. The molecular formula is C24H31N5O4S. The molecule has 1 aromatic carbocycles. The maximum atomic E-state index is 13.3. The second-order valence-electron chi connectivity index (χ2n) is 8.49. The number of aryl methyl sites for hydroxylation is 2. The highest BCUT2D eigenvalue weighted by atomic mass is 32.2. The lowest BCUT2D eigenvalue weighted by atomic mass is 10.1. The minimum Gasteiger partial charge on any atom is -0.493 e. The number of nitrogens with one attached hydrogen (secondary N) is 1. The van der Waals surface area contributed by atoms with E-state index in [2.05, 4.69) is 16.9 Å². The third-order valence-corrected chi connectivity index (χ3v) is 7.68. The molecule has 1 atom stereocenters. The lowest BCUT2D eigenvalue weighted by molar-refractivity contribution is 0.112. The van der Waals surface area contributed by atoms with Crippen molar-refractivity contribution in [1.82, 2.24) is 23.8 Å². The van der Waals surface area contributed by atoms with Crippen LogP contribution in [-0.2, 0) is 17.4 Å². The van der Waals surface area contributed by atoms with Gasteiger partial charge in [0.25, 0.3) is 5.56 Å². The highest BCUT2D eigenvalue weighted by Gasteiger charge is 2.23. The van der Waals surface area contributed by atoms with Crippen LogP contribution in [0.15, 0.2) is 27.9 Å². The number of rotatable bonds is 8. The molecule has 1 N–H and O–H groups in total. The third kappa shape index (κ3) is 4.45. The van der Waals surface area contributed by atoms with Gasteiger partial charge in [-0.3, -0.25) is 9.59 Å². The van der Waals surface area contributed by atoms with E-state index in [1.807, 2.05) is 18.2 Å². The Morgan fingerprint density at radius 1 is 1.21 bits per heavy atom. The molecule has 2 aromatic heterocycles. The topological polar surface area (TPSA) is 100 Å². The average molecular weight is 486 g/mol. The smallest absolute Gasteiger partial charge is 0.275 e. The molecule has 9 nitrogen and oxygen atoms in total. The summed E-state index contributed by atoms with van der Waals surface area (Å²) in [5.41, 5.74) is 2.43. The summed E-state index contributed by atoms with van der Waals surface area (Å²) >= 11 is 0. The summed E-state index contributed by atoms with van der Waals surface area (Å²) in [6.07, 6.45) is 2.21. The van der Waals surface area contributed by atoms with Gasteiger partial charge in [0, 0.05) is 31.7 Å². The van der Waals surface area contributed by atoms with Crippen molar-refractivity contribution in [2.45, 2.75) is 38.5 Å². The number of piperazine rings is 1. The van der Waals surface area contributed by atoms with E-state index < -0.39 is 11.0 Å². The molecule has 10 heteroatoms. The Morgan fingerprint density at radius 2 is 1.94 bits per heavy atom. The number of ether oxygens (including phenoxy) is 1. The van der Waals surface area contributed by atoms with Gasteiger partial charge in [0.15, 0.2) is 12.1 Å². The number of aromatic amines is 1. The SMILES string of the molecule is CCCc1c(C=O)c(C)c2c(=O)[nH]c(-c3cc(S(=O)N4CCN(C)CC4)ccc3OCC)nn12. The number of aldehydes is 1. The zero-order chi connectivity index (χ0) is 24.4. The fourth-order valence-corrected chi connectivity index (χ4v) is 5.56. The molecule has 3 heterocycles. The zero-order valence-corrected chi connectivity index (χ0v) is 20.9. The maximum absolute atomic E-state index is 13.3. The van der Waals surface area contributed by atoms with Crippen molar-refractivity contribution in [3.63, 3.8) is 0 Å². The van der Waals surface area contributed by atoms with Gasteiger partial charge < -0.3 is 14.6 Å². The molecule has 4 rings (SSSR count). The number of hydrogen-bond donors (Lipinski definition) is 1. The van der Waals surface area contributed by atoms with Crippen molar-refractivity contribution in [2.75, 3.05) is 39.8 Å². The molecule has 1 saturated heterocycles. The zero-order valence-electron chi connectivity index (χ0n) is 20.1. The number of carbonyl (C=O) groups excluding carboxylic acids is 1. The van der Waals surface area contributed by atoms with Crippen LogP contribution >= 0.6 is 0 Å². The van der Waals surface area contributed by atoms with E-state index in [9.17, 15) is 13.8 Å². The molecule has 0 saturated carbocycles. The van der Waals surface area contributed by atoms with Gasteiger partial charge in [0.2, 0.25) is 0 Å². The number of fused-ring (bicyclic) bond motifs is 1. The first-order valence-corrected chi connectivity index (χ1v) is 12.7. The standard InChI is InChI=1S/C24H31N5O4S/c1-5-7-20-19(15-30)16(3)22-24(31)25-23(26-29(20)22)18-14-17(8-9-21(18)33-6-2)34(32)28-12-10-27(4)11-13-28/h8-9,14-15H,5-7,10-13H2,1-4H3,(H,25,26,31). The Kier molecular flexibility index (Phi) is 7.30. The summed E-state index contributed by atoms with van der Waals surface area (Å²) in [5.74, 6) is 0.851. The molecule has 0 aliphatic carbocycles. The third-order valence-electron chi connectivity index (χ3n) is 6.19. The molecule has 3 aromatic rings. The molecule has 0 amide bonds. The van der Waals surface area contributed by atoms with Crippen molar-refractivity contribution in [3.8, 4) is 17.1 Å². The highest BCUT2D eigenvalue weighted by molar-refractivity contribution is 7.82. The predicted molar refractivity (Wildman–Crippen MR) is 132 cm³/mol. The Bertz CT molecular complexity index is 1290. The Hall–Kier alpha value is -2.82. The molecule has 1 aliphatic rings. The fraction of sp³-hybridized carbons (Fsp3) is 0.458. The number of benzene rings is 1. The van der Waals surface area contributed by atoms with Gasteiger partial charge in [-0.2, -0.15) is 0 Å². The second kappa shape index (κ2) is 10.2. The molecule has 1 fully saturated rings. The minimum atomic E-state index is -1.34. The largest absolute Gasteiger partial charge is 0.493 e. The summed E-state index contributed by atoms with van der Waals surface area (Å²) in [5, 5.41) is 4.72. The summed E-state index contributed by atoms with van der Waals surface area (Å²) in [7, 11) is 0.711. The van der Waals surface area contributed by atoms with Gasteiger partial charge >= 0.3 is 0 Å². The minimum absolute atomic E-state index is 0.308. The van der Waals surface area contributed by atoms with Crippen LogP contribution in [0.2, 0.25) is 0 Å². The summed E-state index contributed by atoms with van der Waals surface area (Å²) in [6, 6.07) is 5.35. The number of aromatic nitrogens is 3. The summed E-state index contributed by atoms with van der Waals surface area (Å²) in [4.78, 5) is 30.6. The van der Waals surface area contributed by atoms with Crippen LogP contribution in [-0.4, -0.2) is 74.1 Å². The van der Waals surface area contributed by atoms with Crippen LogP contribution in [0.5, 0.6) is 5.75 Å².